The third-order valence-electron chi connectivity index (χ3n) is 4.05. The summed E-state index contributed by atoms with van der Waals surface area (Å²) in [5.74, 6) is 0.0163. The Morgan fingerprint density at radius 2 is 2.00 bits per heavy atom. The van der Waals surface area contributed by atoms with Gasteiger partial charge in [0.15, 0.2) is 5.78 Å². The summed E-state index contributed by atoms with van der Waals surface area (Å²) in [4.78, 5) is 12.5. The van der Waals surface area contributed by atoms with Gasteiger partial charge in [0.05, 0.1) is 11.4 Å². The SMILES string of the molecule is Nc1ccc(C(=O)c2ccccc2)cc1NC[C@@H]1CCCN1. The largest absolute Gasteiger partial charge is 0.397 e. The lowest BCUT2D eigenvalue weighted by molar-refractivity contribution is 0.103. The molecule has 1 saturated heterocycles. The third kappa shape index (κ3) is 3.28. The number of rotatable bonds is 5. The van der Waals surface area contributed by atoms with E-state index in [1.54, 1.807) is 12.1 Å². The Labute approximate surface area is 130 Å². The highest BCUT2D eigenvalue weighted by Gasteiger charge is 2.15. The van der Waals surface area contributed by atoms with E-state index in [0.717, 1.165) is 18.8 Å². The molecule has 4 N–H and O–H groups in total. The van der Waals surface area contributed by atoms with Gasteiger partial charge in [-0.2, -0.15) is 0 Å². The van der Waals surface area contributed by atoms with Crippen LogP contribution < -0.4 is 16.4 Å². The second-order valence-electron chi connectivity index (χ2n) is 5.67. The van der Waals surface area contributed by atoms with E-state index in [1.807, 2.05) is 36.4 Å². The van der Waals surface area contributed by atoms with Crippen LogP contribution in [-0.4, -0.2) is 24.9 Å². The second-order valence-corrected chi connectivity index (χ2v) is 5.67. The van der Waals surface area contributed by atoms with Crippen LogP contribution in [0.2, 0.25) is 0 Å². The Hall–Kier alpha value is -2.33. The Morgan fingerprint density at radius 3 is 2.73 bits per heavy atom. The number of anilines is 2. The summed E-state index contributed by atoms with van der Waals surface area (Å²) in [6.07, 6.45) is 2.39. The molecule has 1 heterocycles. The summed E-state index contributed by atoms with van der Waals surface area (Å²) in [6.45, 7) is 1.90. The van der Waals surface area contributed by atoms with Crippen molar-refractivity contribution in [3.05, 3.63) is 59.7 Å². The minimum Gasteiger partial charge on any atom is -0.397 e. The Kier molecular flexibility index (Phi) is 4.39. The van der Waals surface area contributed by atoms with Crippen molar-refractivity contribution in [2.75, 3.05) is 24.1 Å². The lowest BCUT2D eigenvalue weighted by atomic mass is 10.0. The molecule has 0 unspecified atom stereocenters. The number of carbonyl (C=O) groups is 1. The van der Waals surface area contributed by atoms with Crippen LogP contribution in [0.1, 0.15) is 28.8 Å². The van der Waals surface area contributed by atoms with E-state index in [4.69, 9.17) is 5.73 Å². The monoisotopic (exact) mass is 295 g/mol. The van der Waals surface area contributed by atoms with Gasteiger partial charge in [-0.15, -0.1) is 0 Å². The molecule has 2 aromatic rings. The molecule has 0 bridgehead atoms. The van der Waals surface area contributed by atoms with Gasteiger partial charge in [-0.1, -0.05) is 30.3 Å². The highest BCUT2D eigenvalue weighted by atomic mass is 16.1. The van der Waals surface area contributed by atoms with Gasteiger partial charge in [0.1, 0.15) is 0 Å². The summed E-state index contributed by atoms with van der Waals surface area (Å²) in [5, 5.41) is 6.80. The first kappa shape index (κ1) is 14.6. The predicted molar refractivity (Wildman–Crippen MR) is 90.2 cm³/mol. The van der Waals surface area contributed by atoms with Crippen LogP contribution in [0.4, 0.5) is 11.4 Å². The molecule has 1 fully saturated rings. The molecule has 4 heteroatoms. The van der Waals surface area contributed by atoms with E-state index in [9.17, 15) is 4.79 Å². The van der Waals surface area contributed by atoms with Crippen LogP contribution in [0.3, 0.4) is 0 Å². The van der Waals surface area contributed by atoms with Crippen molar-refractivity contribution in [2.24, 2.45) is 0 Å². The smallest absolute Gasteiger partial charge is 0.193 e. The minimum absolute atomic E-state index is 0.0163. The number of ketones is 1. The van der Waals surface area contributed by atoms with Crippen molar-refractivity contribution in [1.82, 2.24) is 5.32 Å². The number of hydrogen-bond acceptors (Lipinski definition) is 4. The number of nitrogens with two attached hydrogens (primary N) is 1. The summed E-state index contributed by atoms with van der Waals surface area (Å²) >= 11 is 0. The van der Waals surface area contributed by atoms with Crippen molar-refractivity contribution < 1.29 is 4.79 Å². The summed E-state index contributed by atoms with van der Waals surface area (Å²) in [7, 11) is 0. The van der Waals surface area contributed by atoms with Gasteiger partial charge in [0.2, 0.25) is 0 Å². The third-order valence-corrected chi connectivity index (χ3v) is 4.05. The van der Waals surface area contributed by atoms with Gasteiger partial charge in [-0.25, -0.2) is 0 Å². The molecule has 1 atom stereocenters. The van der Waals surface area contributed by atoms with E-state index in [1.165, 1.54) is 12.8 Å². The Morgan fingerprint density at radius 1 is 1.18 bits per heavy atom. The van der Waals surface area contributed by atoms with Crippen molar-refractivity contribution in [3.63, 3.8) is 0 Å². The number of benzene rings is 2. The Bertz CT molecular complexity index is 649. The van der Waals surface area contributed by atoms with Gasteiger partial charge in [-0.05, 0) is 37.6 Å². The average Bonchev–Trinajstić information content (AvgIpc) is 3.08. The van der Waals surface area contributed by atoms with Crippen LogP contribution in [0.15, 0.2) is 48.5 Å². The predicted octanol–water partition coefficient (Wildman–Crippen LogP) is 2.66. The average molecular weight is 295 g/mol. The highest BCUT2D eigenvalue weighted by molar-refractivity contribution is 6.09. The normalized spacial score (nSPS) is 17.4. The van der Waals surface area contributed by atoms with Gasteiger partial charge < -0.3 is 16.4 Å². The molecular weight excluding hydrogens is 274 g/mol. The van der Waals surface area contributed by atoms with Crippen LogP contribution in [0, 0.1) is 0 Å². The quantitative estimate of drug-likeness (QED) is 0.586. The zero-order chi connectivity index (χ0) is 15.4. The summed E-state index contributed by atoms with van der Waals surface area (Å²) < 4.78 is 0. The minimum atomic E-state index is 0.0163. The fraction of sp³-hybridized carbons (Fsp3) is 0.278. The van der Waals surface area contributed by atoms with Crippen molar-refractivity contribution >= 4 is 17.2 Å². The van der Waals surface area contributed by atoms with Crippen LogP contribution >= 0.6 is 0 Å². The number of hydrogen-bond donors (Lipinski definition) is 3. The maximum atomic E-state index is 12.5. The van der Waals surface area contributed by atoms with Gasteiger partial charge in [0, 0.05) is 23.7 Å². The van der Waals surface area contributed by atoms with E-state index in [-0.39, 0.29) is 5.78 Å². The fourth-order valence-corrected chi connectivity index (χ4v) is 2.77. The highest BCUT2D eigenvalue weighted by Crippen LogP contribution is 2.22. The molecule has 0 spiro atoms. The molecule has 1 aliphatic heterocycles. The molecule has 4 nitrogen and oxygen atoms in total. The van der Waals surface area contributed by atoms with E-state index in [2.05, 4.69) is 10.6 Å². The van der Waals surface area contributed by atoms with Gasteiger partial charge in [-0.3, -0.25) is 4.79 Å². The standard InChI is InChI=1S/C18H21N3O/c19-16-9-8-14(18(22)13-5-2-1-3-6-13)11-17(16)21-12-15-7-4-10-20-15/h1-3,5-6,8-9,11,15,20-21H,4,7,10,12,19H2/t15-/m0/s1. The van der Waals surface area contributed by atoms with Gasteiger partial charge in [0.25, 0.3) is 0 Å². The first-order valence-corrected chi connectivity index (χ1v) is 7.70. The lowest BCUT2D eigenvalue weighted by Crippen LogP contribution is -2.29. The van der Waals surface area contributed by atoms with Crippen LogP contribution in [-0.2, 0) is 0 Å². The first-order chi connectivity index (χ1) is 10.7. The molecule has 0 radical (unpaired) electrons. The molecule has 0 amide bonds. The first-order valence-electron chi connectivity index (χ1n) is 7.70. The fourth-order valence-electron chi connectivity index (χ4n) is 2.77. The van der Waals surface area contributed by atoms with E-state index < -0.39 is 0 Å². The zero-order valence-electron chi connectivity index (χ0n) is 12.5. The van der Waals surface area contributed by atoms with E-state index >= 15 is 0 Å². The second kappa shape index (κ2) is 6.62. The molecule has 22 heavy (non-hydrogen) atoms. The lowest BCUT2D eigenvalue weighted by Gasteiger charge is -2.15. The molecule has 0 aliphatic carbocycles. The van der Waals surface area contributed by atoms with Gasteiger partial charge >= 0.3 is 0 Å². The molecule has 1 aliphatic rings. The topological polar surface area (TPSA) is 67.2 Å². The van der Waals surface area contributed by atoms with E-state index in [0.29, 0.717) is 22.9 Å². The number of carbonyl (C=O) groups excluding carboxylic acids is 1. The Balaban J connectivity index is 1.75. The molecule has 114 valence electrons. The van der Waals surface area contributed by atoms with Crippen LogP contribution in [0.5, 0.6) is 0 Å². The van der Waals surface area contributed by atoms with Crippen molar-refractivity contribution in [1.29, 1.82) is 0 Å². The molecule has 3 rings (SSSR count). The van der Waals surface area contributed by atoms with Crippen molar-refractivity contribution in [2.45, 2.75) is 18.9 Å². The molecule has 2 aromatic carbocycles. The summed E-state index contributed by atoms with van der Waals surface area (Å²) in [6, 6.07) is 15.2. The number of nitrogen functional groups attached to an aromatic ring is 1. The zero-order valence-corrected chi connectivity index (χ0v) is 12.5. The summed E-state index contributed by atoms with van der Waals surface area (Å²) in [5.41, 5.74) is 8.86. The molecule has 0 saturated carbocycles. The van der Waals surface area contributed by atoms with Crippen LogP contribution in [0.25, 0.3) is 0 Å². The maximum Gasteiger partial charge on any atom is 0.193 e. The molecular formula is C18H21N3O. The maximum absolute atomic E-state index is 12.5. The molecule has 0 aromatic heterocycles. The van der Waals surface area contributed by atoms with Crippen molar-refractivity contribution in [3.8, 4) is 0 Å². The number of nitrogens with one attached hydrogen (secondary N) is 2.